The van der Waals surface area contributed by atoms with Gasteiger partial charge in [-0.25, -0.2) is 4.39 Å². The molecule has 0 spiro atoms. The Bertz CT molecular complexity index is 675. The molecule has 6 heteroatoms. The van der Waals surface area contributed by atoms with Crippen molar-refractivity contribution in [2.45, 2.75) is 12.5 Å². The zero-order valence-corrected chi connectivity index (χ0v) is 13.0. The average molecular weight is 371 g/mol. The van der Waals surface area contributed by atoms with Gasteiger partial charge in [0.05, 0.1) is 10.7 Å². The average Bonchev–Trinajstić information content (AvgIpc) is 2.86. The van der Waals surface area contributed by atoms with E-state index in [0.717, 1.165) is 11.6 Å². The van der Waals surface area contributed by atoms with Crippen molar-refractivity contribution in [2.24, 2.45) is 0 Å². The first-order chi connectivity index (χ1) is 10.0. The predicted molar refractivity (Wildman–Crippen MR) is 82.3 cm³/mol. The third kappa shape index (κ3) is 2.89. The Morgan fingerprint density at radius 1 is 1.38 bits per heavy atom. The van der Waals surface area contributed by atoms with Gasteiger partial charge in [-0.2, -0.15) is 0 Å². The molecule has 1 unspecified atom stereocenters. The molecule has 0 saturated heterocycles. The molecule has 1 heterocycles. The van der Waals surface area contributed by atoms with Crippen LogP contribution in [0.15, 0.2) is 40.9 Å². The fourth-order valence-corrected chi connectivity index (χ4v) is 3.09. The van der Waals surface area contributed by atoms with Gasteiger partial charge in [0.2, 0.25) is 0 Å². The van der Waals surface area contributed by atoms with Gasteiger partial charge in [0, 0.05) is 10.9 Å². The van der Waals surface area contributed by atoms with Crippen molar-refractivity contribution in [1.29, 1.82) is 0 Å². The van der Waals surface area contributed by atoms with Crippen LogP contribution in [0.5, 0.6) is 5.75 Å². The molecule has 1 aliphatic rings. The smallest absolute Gasteiger partial charge is 0.265 e. The molecule has 1 amide bonds. The number of para-hydroxylation sites is 1. The van der Waals surface area contributed by atoms with Crippen molar-refractivity contribution in [3.05, 3.63) is 57.3 Å². The fraction of sp³-hybridized carbons (Fsp3) is 0.133. The Morgan fingerprint density at radius 3 is 2.86 bits per heavy atom. The van der Waals surface area contributed by atoms with E-state index in [-0.39, 0.29) is 10.9 Å². The summed E-state index contributed by atoms with van der Waals surface area (Å²) < 4.78 is 19.2. The second-order valence-corrected chi connectivity index (χ2v) is 5.91. The highest BCUT2D eigenvalue weighted by molar-refractivity contribution is 9.10. The fourth-order valence-electron chi connectivity index (χ4n) is 2.19. The minimum Gasteiger partial charge on any atom is -0.480 e. The molecule has 1 aliphatic heterocycles. The number of hydrogen-bond acceptors (Lipinski definition) is 2. The molecule has 0 bridgehead atoms. The van der Waals surface area contributed by atoms with Crippen molar-refractivity contribution >= 4 is 39.1 Å². The normalized spacial score (nSPS) is 16.2. The SMILES string of the molecule is O=C(Nc1c(Cl)cc(F)cc1Br)C1Cc2ccccc2O1. The van der Waals surface area contributed by atoms with Crippen LogP contribution in [0.1, 0.15) is 5.56 Å². The second-order valence-electron chi connectivity index (χ2n) is 4.65. The van der Waals surface area contributed by atoms with Gasteiger partial charge in [0.15, 0.2) is 6.10 Å². The standard InChI is InChI=1S/C15H10BrClFNO2/c16-10-6-9(18)7-11(17)14(10)19-15(20)13-5-8-3-1-2-4-12(8)21-13/h1-4,6-7,13H,5H2,(H,19,20). The van der Waals surface area contributed by atoms with Crippen molar-refractivity contribution in [2.75, 3.05) is 5.32 Å². The Kier molecular flexibility index (Phi) is 3.87. The van der Waals surface area contributed by atoms with Gasteiger partial charge in [-0.1, -0.05) is 29.8 Å². The highest BCUT2D eigenvalue weighted by atomic mass is 79.9. The van der Waals surface area contributed by atoms with Crippen LogP contribution in [-0.4, -0.2) is 12.0 Å². The van der Waals surface area contributed by atoms with E-state index in [4.69, 9.17) is 16.3 Å². The quantitative estimate of drug-likeness (QED) is 0.861. The third-order valence-electron chi connectivity index (χ3n) is 3.19. The van der Waals surface area contributed by atoms with E-state index in [1.165, 1.54) is 6.07 Å². The monoisotopic (exact) mass is 369 g/mol. The van der Waals surface area contributed by atoms with Crippen LogP contribution in [0.25, 0.3) is 0 Å². The Labute approximate surface area is 134 Å². The summed E-state index contributed by atoms with van der Waals surface area (Å²) in [5.41, 5.74) is 1.32. The first-order valence-electron chi connectivity index (χ1n) is 6.24. The minimum absolute atomic E-state index is 0.130. The zero-order chi connectivity index (χ0) is 15.0. The number of benzene rings is 2. The van der Waals surface area contributed by atoms with E-state index in [2.05, 4.69) is 21.2 Å². The Morgan fingerprint density at radius 2 is 2.14 bits per heavy atom. The van der Waals surface area contributed by atoms with Gasteiger partial charge in [0.1, 0.15) is 11.6 Å². The van der Waals surface area contributed by atoms with Crippen LogP contribution >= 0.6 is 27.5 Å². The summed E-state index contributed by atoms with van der Waals surface area (Å²) in [4.78, 5) is 12.3. The first kappa shape index (κ1) is 14.4. The Balaban J connectivity index is 1.77. The third-order valence-corrected chi connectivity index (χ3v) is 4.12. The number of nitrogens with one attached hydrogen (secondary N) is 1. The van der Waals surface area contributed by atoms with E-state index in [9.17, 15) is 9.18 Å². The lowest BCUT2D eigenvalue weighted by molar-refractivity contribution is -0.122. The summed E-state index contributed by atoms with van der Waals surface area (Å²) in [7, 11) is 0. The molecule has 1 atom stereocenters. The molecule has 3 rings (SSSR count). The highest BCUT2D eigenvalue weighted by Gasteiger charge is 2.29. The van der Waals surface area contributed by atoms with Crippen LogP contribution < -0.4 is 10.1 Å². The van der Waals surface area contributed by atoms with Gasteiger partial charge in [0.25, 0.3) is 5.91 Å². The number of amides is 1. The van der Waals surface area contributed by atoms with E-state index in [1.807, 2.05) is 24.3 Å². The number of hydrogen-bond donors (Lipinski definition) is 1. The number of carbonyl (C=O) groups excluding carboxylic acids is 1. The largest absolute Gasteiger partial charge is 0.480 e. The number of anilines is 1. The molecule has 0 radical (unpaired) electrons. The predicted octanol–water partition coefficient (Wildman–Crippen LogP) is 4.18. The van der Waals surface area contributed by atoms with Crippen molar-refractivity contribution in [1.82, 2.24) is 0 Å². The zero-order valence-electron chi connectivity index (χ0n) is 10.7. The van der Waals surface area contributed by atoms with Gasteiger partial charge in [-0.3, -0.25) is 4.79 Å². The molecule has 0 saturated carbocycles. The van der Waals surface area contributed by atoms with Gasteiger partial charge >= 0.3 is 0 Å². The van der Waals surface area contributed by atoms with Crippen LogP contribution in [0.2, 0.25) is 5.02 Å². The molecular weight excluding hydrogens is 361 g/mol. The highest BCUT2D eigenvalue weighted by Crippen LogP contribution is 2.33. The second kappa shape index (κ2) is 5.66. The van der Waals surface area contributed by atoms with Gasteiger partial charge < -0.3 is 10.1 Å². The maximum Gasteiger partial charge on any atom is 0.265 e. The summed E-state index contributed by atoms with van der Waals surface area (Å²) >= 11 is 9.13. The number of carbonyl (C=O) groups is 1. The summed E-state index contributed by atoms with van der Waals surface area (Å²) in [6.45, 7) is 0. The summed E-state index contributed by atoms with van der Waals surface area (Å²) in [5.74, 6) is -0.0864. The lowest BCUT2D eigenvalue weighted by Gasteiger charge is -2.13. The number of halogens is 3. The molecule has 0 fully saturated rings. The maximum atomic E-state index is 13.2. The first-order valence-corrected chi connectivity index (χ1v) is 7.41. The summed E-state index contributed by atoms with van der Waals surface area (Å²) in [6.07, 6.45) is -0.117. The van der Waals surface area contributed by atoms with E-state index < -0.39 is 11.9 Å². The van der Waals surface area contributed by atoms with Crippen LogP contribution in [0, 0.1) is 5.82 Å². The number of rotatable bonds is 2. The van der Waals surface area contributed by atoms with E-state index >= 15 is 0 Å². The van der Waals surface area contributed by atoms with Crippen LogP contribution in [0.4, 0.5) is 10.1 Å². The van der Waals surface area contributed by atoms with Gasteiger partial charge in [-0.15, -0.1) is 0 Å². The summed E-state index contributed by atoms with van der Waals surface area (Å²) in [5, 5.41) is 2.80. The molecular formula is C15H10BrClFNO2. The lowest BCUT2D eigenvalue weighted by Crippen LogP contribution is -2.31. The number of ether oxygens (including phenoxy) is 1. The molecule has 1 N–H and O–H groups in total. The molecule has 0 aliphatic carbocycles. The maximum absolute atomic E-state index is 13.2. The van der Waals surface area contributed by atoms with Gasteiger partial charge in [-0.05, 0) is 39.7 Å². The van der Waals surface area contributed by atoms with E-state index in [1.54, 1.807) is 0 Å². The summed E-state index contributed by atoms with van der Waals surface area (Å²) in [6, 6.07) is 9.88. The molecule has 21 heavy (non-hydrogen) atoms. The van der Waals surface area contributed by atoms with Crippen LogP contribution in [-0.2, 0) is 11.2 Å². The lowest BCUT2D eigenvalue weighted by atomic mass is 10.1. The molecule has 108 valence electrons. The van der Waals surface area contributed by atoms with Crippen molar-refractivity contribution in [3.8, 4) is 5.75 Å². The molecule has 0 aromatic heterocycles. The molecule has 3 nitrogen and oxygen atoms in total. The van der Waals surface area contributed by atoms with Crippen LogP contribution in [0.3, 0.4) is 0 Å². The number of fused-ring (bicyclic) bond motifs is 1. The minimum atomic E-state index is -0.615. The molecule has 2 aromatic rings. The Hall–Kier alpha value is -1.59. The molecule has 2 aromatic carbocycles. The van der Waals surface area contributed by atoms with E-state index in [0.29, 0.717) is 22.3 Å². The van der Waals surface area contributed by atoms with Crippen molar-refractivity contribution < 1.29 is 13.9 Å². The topological polar surface area (TPSA) is 38.3 Å². The van der Waals surface area contributed by atoms with Crippen molar-refractivity contribution in [3.63, 3.8) is 0 Å².